The lowest BCUT2D eigenvalue weighted by Gasteiger charge is -2.43. The fourth-order valence-corrected chi connectivity index (χ4v) is 2.99. The average molecular weight is 219 g/mol. The monoisotopic (exact) mass is 219 g/mol. The van der Waals surface area contributed by atoms with Crippen LogP contribution in [0, 0.1) is 0 Å². The molecule has 86 valence electrons. The van der Waals surface area contributed by atoms with Crippen molar-refractivity contribution < 1.29 is 9.84 Å². The Morgan fingerprint density at radius 3 is 2.69 bits per heavy atom. The van der Waals surface area contributed by atoms with Crippen LogP contribution < -0.4 is 10.5 Å². The van der Waals surface area contributed by atoms with E-state index in [1.807, 2.05) is 24.3 Å². The molecule has 1 heterocycles. The molecule has 2 aliphatic rings. The Morgan fingerprint density at radius 1 is 1.25 bits per heavy atom. The highest BCUT2D eigenvalue weighted by molar-refractivity contribution is 5.39. The van der Waals surface area contributed by atoms with E-state index in [4.69, 9.17) is 10.5 Å². The van der Waals surface area contributed by atoms with Crippen LogP contribution in [0.2, 0.25) is 0 Å². The molecule has 0 radical (unpaired) electrons. The molecule has 1 aromatic carbocycles. The molecule has 3 heteroatoms. The zero-order chi connectivity index (χ0) is 11.2. The van der Waals surface area contributed by atoms with Gasteiger partial charge in [-0.3, -0.25) is 0 Å². The minimum atomic E-state index is -0.594. The van der Waals surface area contributed by atoms with Crippen molar-refractivity contribution in [3.05, 3.63) is 29.8 Å². The maximum atomic E-state index is 10.3. The summed E-state index contributed by atoms with van der Waals surface area (Å²) in [5.74, 6) is 0.804. The number of benzene rings is 1. The summed E-state index contributed by atoms with van der Waals surface area (Å²) in [5, 5.41) is 10.3. The Kier molecular flexibility index (Phi) is 2.19. The van der Waals surface area contributed by atoms with E-state index in [-0.39, 0.29) is 11.6 Å². The fraction of sp³-hybridized carbons (Fsp3) is 0.538. The number of fused-ring (bicyclic) bond motifs is 1. The van der Waals surface area contributed by atoms with Gasteiger partial charge < -0.3 is 15.6 Å². The van der Waals surface area contributed by atoms with E-state index in [1.165, 1.54) is 0 Å². The van der Waals surface area contributed by atoms with Crippen LogP contribution in [0.4, 0.5) is 0 Å². The van der Waals surface area contributed by atoms with Gasteiger partial charge in [0.05, 0.1) is 6.04 Å². The van der Waals surface area contributed by atoms with Gasteiger partial charge in [0.15, 0.2) is 0 Å². The number of rotatable bonds is 0. The predicted octanol–water partition coefficient (Wildman–Crippen LogP) is 1.75. The van der Waals surface area contributed by atoms with Crippen LogP contribution in [0.15, 0.2) is 24.3 Å². The second kappa shape index (κ2) is 3.47. The van der Waals surface area contributed by atoms with Crippen molar-refractivity contribution in [1.82, 2.24) is 0 Å². The third-order valence-electron chi connectivity index (χ3n) is 3.95. The van der Waals surface area contributed by atoms with Gasteiger partial charge in [-0.25, -0.2) is 0 Å². The first kappa shape index (κ1) is 10.1. The van der Waals surface area contributed by atoms with Gasteiger partial charge in [0.2, 0.25) is 0 Å². The number of hydrogen-bond acceptors (Lipinski definition) is 3. The number of para-hydroxylation sites is 1. The van der Waals surface area contributed by atoms with Crippen molar-refractivity contribution in [2.75, 3.05) is 0 Å². The highest BCUT2D eigenvalue weighted by atomic mass is 16.5. The number of aliphatic hydroxyl groups is 1. The van der Waals surface area contributed by atoms with E-state index in [0.717, 1.165) is 37.0 Å². The lowest BCUT2D eigenvalue weighted by Crippen LogP contribution is -2.56. The molecule has 0 aromatic heterocycles. The molecule has 2 unspecified atom stereocenters. The lowest BCUT2D eigenvalue weighted by molar-refractivity contribution is -0.0315. The summed E-state index contributed by atoms with van der Waals surface area (Å²) < 4.78 is 6.08. The van der Waals surface area contributed by atoms with Gasteiger partial charge in [0.1, 0.15) is 17.5 Å². The van der Waals surface area contributed by atoms with Gasteiger partial charge in [0.25, 0.3) is 0 Å². The number of ether oxygens (including phenoxy) is 1. The first-order valence-electron chi connectivity index (χ1n) is 5.94. The summed E-state index contributed by atoms with van der Waals surface area (Å²) in [5.41, 5.74) is 6.66. The SMILES string of the molecule is NC1C(O)c2ccccc2OC12CCCC2. The van der Waals surface area contributed by atoms with Gasteiger partial charge >= 0.3 is 0 Å². The molecule has 1 aliphatic heterocycles. The molecular weight excluding hydrogens is 202 g/mol. The number of aliphatic hydroxyl groups excluding tert-OH is 1. The average Bonchev–Trinajstić information content (AvgIpc) is 2.76. The van der Waals surface area contributed by atoms with E-state index < -0.39 is 6.10 Å². The van der Waals surface area contributed by atoms with Gasteiger partial charge in [-0.15, -0.1) is 0 Å². The van der Waals surface area contributed by atoms with Crippen LogP contribution in [0.5, 0.6) is 5.75 Å². The smallest absolute Gasteiger partial charge is 0.127 e. The third kappa shape index (κ3) is 1.28. The van der Waals surface area contributed by atoms with Crippen molar-refractivity contribution in [2.45, 2.75) is 43.4 Å². The summed E-state index contributed by atoms with van der Waals surface area (Å²) in [6, 6.07) is 7.35. The zero-order valence-corrected chi connectivity index (χ0v) is 9.23. The fourth-order valence-electron chi connectivity index (χ4n) is 2.99. The van der Waals surface area contributed by atoms with E-state index in [9.17, 15) is 5.11 Å². The number of nitrogens with two attached hydrogens (primary N) is 1. The van der Waals surface area contributed by atoms with Crippen molar-refractivity contribution in [2.24, 2.45) is 5.73 Å². The van der Waals surface area contributed by atoms with Gasteiger partial charge in [-0.1, -0.05) is 18.2 Å². The molecule has 1 fully saturated rings. The van der Waals surface area contributed by atoms with Crippen molar-refractivity contribution in [3.63, 3.8) is 0 Å². The molecular formula is C13H17NO2. The van der Waals surface area contributed by atoms with Crippen molar-refractivity contribution in [3.8, 4) is 5.75 Å². The summed E-state index contributed by atoms with van der Waals surface area (Å²) >= 11 is 0. The molecule has 1 aromatic rings. The van der Waals surface area contributed by atoms with Gasteiger partial charge in [0, 0.05) is 5.56 Å². The Morgan fingerprint density at radius 2 is 1.94 bits per heavy atom. The van der Waals surface area contributed by atoms with E-state index in [1.54, 1.807) is 0 Å². The van der Waals surface area contributed by atoms with Crippen LogP contribution in [0.3, 0.4) is 0 Å². The molecule has 0 saturated heterocycles. The predicted molar refractivity (Wildman–Crippen MR) is 61.2 cm³/mol. The lowest BCUT2D eigenvalue weighted by atomic mass is 9.83. The summed E-state index contributed by atoms with van der Waals surface area (Å²) in [4.78, 5) is 0. The van der Waals surface area contributed by atoms with Gasteiger partial charge in [-0.05, 0) is 31.7 Å². The maximum Gasteiger partial charge on any atom is 0.127 e. The normalized spacial score (nSPS) is 31.1. The Bertz CT molecular complexity index is 399. The number of hydrogen-bond donors (Lipinski definition) is 2. The minimum Gasteiger partial charge on any atom is -0.485 e. The van der Waals surface area contributed by atoms with E-state index in [2.05, 4.69) is 0 Å². The largest absolute Gasteiger partial charge is 0.485 e. The highest BCUT2D eigenvalue weighted by Crippen LogP contribution is 2.46. The first-order valence-corrected chi connectivity index (χ1v) is 5.94. The molecule has 1 saturated carbocycles. The molecule has 0 bridgehead atoms. The molecule has 1 aliphatic carbocycles. The van der Waals surface area contributed by atoms with Crippen LogP contribution in [0.1, 0.15) is 37.4 Å². The topological polar surface area (TPSA) is 55.5 Å². The summed E-state index contributed by atoms with van der Waals surface area (Å²) in [6.07, 6.45) is 3.60. The summed E-state index contributed by atoms with van der Waals surface area (Å²) in [6.45, 7) is 0. The summed E-state index contributed by atoms with van der Waals surface area (Å²) in [7, 11) is 0. The Balaban J connectivity index is 2.05. The van der Waals surface area contributed by atoms with Crippen molar-refractivity contribution >= 4 is 0 Å². The minimum absolute atomic E-state index is 0.301. The Labute approximate surface area is 95.2 Å². The zero-order valence-electron chi connectivity index (χ0n) is 9.23. The third-order valence-corrected chi connectivity index (χ3v) is 3.95. The molecule has 3 nitrogen and oxygen atoms in total. The van der Waals surface area contributed by atoms with E-state index in [0.29, 0.717) is 0 Å². The van der Waals surface area contributed by atoms with Gasteiger partial charge in [-0.2, -0.15) is 0 Å². The second-order valence-corrected chi connectivity index (χ2v) is 4.88. The quantitative estimate of drug-likeness (QED) is 0.699. The molecule has 1 spiro atoms. The maximum absolute atomic E-state index is 10.3. The molecule has 2 atom stereocenters. The second-order valence-electron chi connectivity index (χ2n) is 4.88. The molecule has 16 heavy (non-hydrogen) atoms. The Hall–Kier alpha value is -1.06. The van der Waals surface area contributed by atoms with E-state index >= 15 is 0 Å². The highest BCUT2D eigenvalue weighted by Gasteiger charge is 2.49. The van der Waals surface area contributed by atoms with Crippen LogP contribution in [-0.4, -0.2) is 16.7 Å². The van der Waals surface area contributed by atoms with Crippen LogP contribution >= 0.6 is 0 Å². The molecule has 0 amide bonds. The molecule has 3 rings (SSSR count). The standard InChI is InChI=1S/C13H17NO2/c14-12-11(15)9-5-1-2-6-10(9)16-13(12)7-3-4-8-13/h1-2,5-6,11-12,15H,3-4,7-8,14H2. The van der Waals surface area contributed by atoms with Crippen LogP contribution in [-0.2, 0) is 0 Å². The molecule has 3 N–H and O–H groups in total. The van der Waals surface area contributed by atoms with Crippen LogP contribution in [0.25, 0.3) is 0 Å². The first-order chi connectivity index (χ1) is 7.73. The van der Waals surface area contributed by atoms with Crippen molar-refractivity contribution in [1.29, 1.82) is 0 Å².